The Labute approximate surface area is 254 Å². The maximum atomic E-state index is 13.8. The molecule has 0 bridgehead atoms. The standard InChI is InChI=1S/C30H20Cl3N7O2/c31-19-6-8-23-21(13-19)24(10-11-34-23)36-30(42)27(12-18-4-2-1-3-5-18)39-17-35-25(15-29(39)41)22-14-20(32)7-9-26(22)40-16-28(33)37-38-40/h1-11,13-17,27H,12H2,(H,34,36,42). The van der Waals surface area contributed by atoms with Crippen LogP contribution in [0.15, 0.2) is 102 Å². The van der Waals surface area contributed by atoms with Gasteiger partial charge in [0, 0.05) is 39.7 Å². The van der Waals surface area contributed by atoms with E-state index in [0.29, 0.717) is 43.6 Å². The van der Waals surface area contributed by atoms with Crippen LogP contribution in [0, 0.1) is 0 Å². The normalized spacial score (nSPS) is 11.9. The summed E-state index contributed by atoms with van der Waals surface area (Å²) in [5.74, 6) is -0.399. The van der Waals surface area contributed by atoms with Crippen LogP contribution in [0.5, 0.6) is 0 Å². The number of rotatable bonds is 7. The second-order valence-electron chi connectivity index (χ2n) is 9.38. The molecule has 6 aromatic rings. The highest BCUT2D eigenvalue weighted by Crippen LogP contribution is 2.29. The van der Waals surface area contributed by atoms with Crippen molar-refractivity contribution in [1.29, 1.82) is 0 Å². The molecule has 42 heavy (non-hydrogen) atoms. The minimum atomic E-state index is -0.920. The van der Waals surface area contributed by atoms with E-state index in [1.807, 2.05) is 30.3 Å². The van der Waals surface area contributed by atoms with Crippen LogP contribution in [-0.4, -0.2) is 35.4 Å². The van der Waals surface area contributed by atoms with E-state index < -0.39 is 17.5 Å². The van der Waals surface area contributed by atoms with Gasteiger partial charge >= 0.3 is 0 Å². The molecular weight excluding hydrogens is 597 g/mol. The van der Waals surface area contributed by atoms with Gasteiger partial charge in [-0.05, 0) is 48.0 Å². The summed E-state index contributed by atoms with van der Waals surface area (Å²) in [6.45, 7) is 0. The molecule has 3 aromatic carbocycles. The number of hydrogen-bond donors (Lipinski definition) is 1. The van der Waals surface area contributed by atoms with Gasteiger partial charge in [0.25, 0.3) is 5.56 Å². The van der Waals surface area contributed by atoms with Crippen molar-refractivity contribution in [2.24, 2.45) is 0 Å². The van der Waals surface area contributed by atoms with Gasteiger partial charge in [-0.15, -0.1) is 5.10 Å². The molecule has 1 N–H and O–H groups in total. The highest BCUT2D eigenvalue weighted by molar-refractivity contribution is 6.31. The first-order valence-electron chi connectivity index (χ1n) is 12.7. The summed E-state index contributed by atoms with van der Waals surface area (Å²) in [7, 11) is 0. The molecule has 1 atom stereocenters. The lowest BCUT2D eigenvalue weighted by molar-refractivity contribution is -0.119. The Balaban J connectivity index is 1.40. The van der Waals surface area contributed by atoms with Gasteiger partial charge in [-0.3, -0.25) is 19.1 Å². The fourth-order valence-corrected chi connectivity index (χ4v) is 5.13. The molecule has 9 nitrogen and oxygen atoms in total. The number of hydrogen-bond acceptors (Lipinski definition) is 6. The molecule has 1 amide bonds. The number of fused-ring (bicyclic) bond motifs is 1. The first-order chi connectivity index (χ1) is 20.4. The maximum Gasteiger partial charge on any atom is 0.254 e. The number of carbonyl (C=O) groups excluding carboxylic acids is 1. The quantitative estimate of drug-likeness (QED) is 0.222. The number of pyridine rings is 1. The fraction of sp³-hybridized carbons (Fsp3) is 0.0667. The second-order valence-corrected chi connectivity index (χ2v) is 10.6. The van der Waals surface area contributed by atoms with E-state index in [1.54, 1.807) is 48.7 Å². The predicted octanol–water partition coefficient (Wildman–Crippen LogP) is 6.42. The summed E-state index contributed by atoms with van der Waals surface area (Å²) in [5, 5.41) is 12.7. The van der Waals surface area contributed by atoms with Gasteiger partial charge in [-0.2, -0.15) is 0 Å². The van der Waals surface area contributed by atoms with Gasteiger partial charge in [-0.25, -0.2) is 9.67 Å². The highest BCUT2D eigenvalue weighted by atomic mass is 35.5. The second kappa shape index (κ2) is 11.7. The smallest absolute Gasteiger partial charge is 0.254 e. The minimum absolute atomic E-state index is 0.207. The Morgan fingerprint density at radius 2 is 1.69 bits per heavy atom. The van der Waals surface area contributed by atoms with Gasteiger partial charge in [0.2, 0.25) is 5.91 Å². The van der Waals surface area contributed by atoms with E-state index in [4.69, 9.17) is 34.8 Å². The molecule has 3 heterocycles. The van der Waals surface area contributed by atoms with E-state index >= 15 is 0 Å². The van der Waals surface area contributed by atoms with Crippen LogP contribution >= 0.6 is 34.8 Å². The SMILES string of the molecule is O=C(Nc1ccnc2ccc(Cl)cc12)C(Cc1ccccc1)n1cnc(-c2cc(Cl)ccc2-n2cc(Cl)nn2)cc1=O. The molecule has 1 unspecified atom stereocenters. The number of anilines is 1. The monoisotopic (exact) mass is 615 g/mol. The van der Waals surface area contributed by atoms with Gasteiger partial charge in [0.15, 0.2) is 5.15 Å². The van der Waals surface area contributed by atoms with Crippen LogP contribution in [0.2, 0.25) is 15.2 Å². The molecular formula is C30H20Cl3N7O2. The predicted molar refractivity (Wildman–Crippen MR) is 163 cm³/mol. The first kappa shape index (κ1) is 27.6. The summed E-state index contributed by atoms with van der Waals surface area (Å²) < 4.78 is 2.79. The van der Waals surface area contributed by atoms with E-state index in [-0.39, 0.29) is 11.6 Å². The zero-order valence-corrected chi connectivity index (χ0v) is 23.9. The van der Waals surface area contributed by atoms with Crippen molar-refractivity contribution >= 4 is 57.3 Å². The Bertz CT molecular complexity index is 1990. The third-order valence-electron chi connectivity index (χ3n) is 6.65. The fourth-order valence-electron chi connectivity index (χ4n) is 4.66. The number of aromatic nitrogens is 6. The topological polar surface area (TPSA) is 108 Å². The Morgan fingerprint density at radius 1 is 0.905 bits per heavy atom. The molecule has 3 aromatic heterocycles. The lowest BCUT2D eigenvalue weighted by atomic mass is 10.0. The number of nitrogens with one attached hydrogen (secondary N) is 1. The third kappa shape index (κ3) is 5.75. The number of amides is 1. The van der Waals surface area contributed by atoms with Gasteiger partial charge in [0.1, 0.15) is 6.04 Å². The number of halogens is 3. The largest absolute Gasteiger partial charge is 0.324 e. The van der Waals surface area contributed by atoms with E-state index in [9.17, 15) is 9.59 Å². The summed E-state index contributed by atoms with van der Waals surface area (Å²) >= 11 is 18.5. The molecule has 0 saturated heterocycles. The van der Waals surface area contributed by atoms with E-state index in [0.717, 1.165) is 5.56 Å². The average Bonchev–Trinajstić information content (AvgIpc) is 3.42. The molecule has 6 rings (SSSR count). The Kier molecular flexibility index (Phi) is 7.71. The lowest BCUT2D eigenvalue weighted by Crippen LogP contribution is -2.34. The molecule has 0 aliphatic carbocycles. The van der Waals surface area contributed by atoms with Crippen molar-refractivity contribution in [3.8, 4) is 16.9 Å². The summed E-state index contributed by atoms with van der Waals surface area (Å²) in [5.41, 5.74) is 3.10. The molecule has 0 fully saturated rings. The number of nitrogens with zero attached hydrogens (tertiary/aromatic N) is 6. The molecule has 0 aliphatic heterocycles. The molecule has 0 radical (unpaired) electrons. The van der Waals surface area contributed by atoms with Crippen LogP contribution in [0.1, 0.15) is 11.6 Å². The first-order valence-corrected chi connectivity index (χ1v) is 13.8. The number of benzene rings is 3. The maximum absolute atomic E-state index is 13.8. The van der Waals surface area contributed by atoms with Crippen LogP contribution in [-0.2, 0) is 11.2 Å². The van der Waals surface area contributed by atoms with Crippen molar-refractivity contribution in [3.63, 3.8) is 0 Å². The molecule has 0 aliphatic rings. The van der Waals surface area contributed by atoms with Crippen molar-refractivity contribution in [3.05, 3.63) is 129 Å². The summed E-state index contributed by atoms with van der Waals surface area (Å²) in [6.07, 6.45) is 4.75. The minimum Gasteiger partial charge on any atom is -0.324 e. The molecule has 12 heteroatoms. The zero-order valence-electron chi connectivity index (χ0n) is 21.7. The van der Waals surface area contributed by atoms with E-state index in [2.05, 4.69) is 25.6 Å². The van der Waals surface area contributed by atoms with Crippen LogP contribution < -0.4 is 10.9 Å². The van der Waals surface area contributed by atoms with Crippen molar-refractivity contribution < 1.29 is 4.79 Å². The van der Waals surface area contributed by atoms with Crippen molar-refractivity contribution in [2.75, 3.05) is 5.32 Å². The molecule has 0 spiro atoms. The van der Waals surface area contributed by atoms with Crippen molar-refractivity contribution in [2.45, 2.75) is 12.5 Å². The number of carbonyl (C=O) groups is 1. The van der Waals surface area contributed by atoms with Crippen LogP contribution in [0.3, 0.4) is 0 Å². The Hall–Kier alpha value is -4.57. The summed E-state index contributed by atoms with van der Waals surface area (Å²) in [6, 6.07) is 21.9. The molecule has 0 saturated carbocycles. The van der Waals surface area contributed by atoms with Gasteiger partial charge in [-0.1, -0.05) is 70.3 Å². The third-order valence-corrected chi connectivity index (χ3v) is 7.30. The van der Waals surface area contributed by atoms with Crippen LogP contribution in [0.25, 0.3) is 27.8 Å². The average molecular weight is 617 g/mol. The summed E-state index contributed by atoms with van der Waals surface area (Å²) in [4.78, 5) is 36.4. The van der Waals surface area contributed by atoms with Crippen molar-refractivity contribution in [1.82, 2.24) is 29.5 Å². The highest BCUT2D eigenvalue weighted by Gasteiger charge is 2.24. The molecule has 208 valence electrons. The van der Waals surface area contributed by atoms with Gasteiger partial charge in [0.05, 0.1) is 35.1 Å². The zero-order chi connectivity index (χ0) is 29.2. The lowest BCUT2D eigenvalue weighted by Gasteiger charge is -2.20. The van der Waals surface area contributed by atoms with E-state index in [1.165, 1.54) is 27.8 Å². The van der Waals surface area contributed by atoms with Crippen LogP contribution in [0.4, 0.5) is 5.69 Å². The Morgan fingerprint density at radius 3 is 2.45 bits per heavy atom. The van der Waals surface area contributed by atoms with Gasteiger partial charge < -0.3 is 5.32 Å².